The summed E-state index contributed by atoms with van der Waals surface area (Å²) in [6, 6.07) is 0. The van der Waals surface area contributed by atoms with Crippen molar-refractivity contribution in [1.29, 1.82) is 0 Å². The van der Waals surface area contributed by atoms with Gasteiger partial charge >= 0.3 is 5.97 Å². The fourth-order valence-corrected chi connectivity index (χ4v) is 2.01. The molecule has 0 spiro atoms. The van der Waals surface area contributed by atoms with Gasteiger partial charge in [-0.3, -0.25) is 4.79 Å². The summed E-state index contributed by atoms with van der Waals surface area (Å²) in [6.07, 6.45) is 5.49. The molecule has 1 atom stereocenters. The molecule has 0 bridgehead atoms. The summed E-state index contributed by atoms with van der Waals surface area (Å²) in [5.41, 5.74) is 0. The monoisotopic (exact) mass is 252 g/mol. The van der Waals surface area contributed by atoms with Crippen LogP contribution in [-0.2, 0) is 22.5 Å². The fraction of sp³-hybridized carbons (Fsp3) is 0.714. The van der Waals surface area contributed by atoms with Crippen molar-refractivity contribution in [1.82, 2.24) is 9.55 Å². The van der Waals surface area contributed by atoms with Crippen molar-refractivity contribution in [3.05, 3.63) is 18.2 Å². The van der Waals surface area contributed by atoms with Crippen molar-refractivity contribution in [2.75, 3.05) is 6.61 Å². The summed E-state index contributed by atoms with van der Waals surface area (Å²) in [5, 5.41) is 0. The quantitative estimate of drug-likeness (QED) is 0.701. The summed E-state index contributed by atoms with van der Waals surface area (Å²) in [7, 11) is 0. The van der Waals surface area contributed by atoms with Crippen molar-refractivity contribution < 1.29 is 9.53 Å². The van der Waals surface area contributed by atoms with Crippen molar-refractivity contribution in [2.24, 2.45) is 11.8 Å². The highest BCUT2D eigenvalue weighted by Crippen LogP contribution is 2.18. The third-order valence-electron chi connectivity index (χ3n) is 3.06. The number of aryl methyl sites for hydroxylation is 1. The Morgan fingerprint density at radius 3 is 2.72 bits per heavy atom. The second-order valence-electron chi connectivity index (χ2n) is 4.84. The molecule has 0 aliphatic rings. The van der Waals surface area contributed by atoms with E-state index in [1.807, 2.05) is 13.1 Å². The lowest BCUT2D eigenvalue weighted by molar-refractivity contribution is -0.149. The maximum Gasteiger partial charge on any atom is 0.309 e. The molecule has 0 amide bonds. The molecule has 4 nitrogen and oxygen atoms in total. The molecule has 0 saturated carbocycles. The van der Waals surface area contributed by atoms with Crippen LogP contribution in [-0.4, -0.2) is 22.1 Å². The Bertz CT molecular complexity index is 372. The van der Waals surface area contributed by atoms with Crippen LogP contribution in [0.5, 0.6) is 0 Å². The van der Waals surface area contributed by atoms with E-state index in [4.69, 9.17) is 4.74 Å². The Kier molecular flexibility index (Phi) is 5.89. The summed E-state index contributed by atoms with van der Waals surface area (Å²) in [4.78, 5) is 16.3. The minimum Gasteiger partial charge on any atom is -0.466 e. The summed E-state index contributed by atoms with van der Waals surface area (Å²) >= 11 is 0. The molecule has 18 heavy (non-hydrogen) atoms. The molecule has 1 aromatic rings. The molecule has 0 aliphatic carbocycles. The molecule has 4 heteroatoms. The number of hydrogen-bond acceptors (Lipinski definition) is 3. The van der Waals surface area contributed by atoms with Gasteiger partial charge in [0.1, 0.15) is 5.82 Å². The molecule has 102 valence electrons. The molecular weight excluding hydrogens is 228 g/mol. The maximum atomic E-state index is 11.9. The number of ether oxygens (including phenoxy) is 1. The van der Waals surface area contributed by atoms with Crippen LogP contribution in [0.15, 0.2) is 12.4 Å². The van der Waals surface area contributed by atoms with Crippen LogP contribution in [0, 0.1) is 11.8 Å². The van der Waals surface area contributed by atoms with Crippen LogP contribution >= 0.6 is 0 Å². The molecule has 0 fully saturated rings. The van der Waals surface area contributed by atoms with Gasteiger partial charge in [-0.15, -0.1) is 0 Å². The number of rotatable bonds is 7. The lowest BCUT2D eigenvalue weighted by Crippen LogP contribution is -2.26. The van der Waals surface area contributed by atoms with Gasteiger partial charge in [0.05, 0.1) is 12.5 Å². The molecule has 0 aliphatic heterocycles. The second kappa shape index (κ2) is 7.19. The smallest absolute Gasteiger partial charge is 0.309 e. The first-order valence-corrected chi connectivity index (χ1v) is 6.76. The molecule has 0 saturated heterocycles. The normalized spacial score (nSPS) is 12.7. The van der Waals surface area contributed by atoms with Crippen LogP contribution in [0.1, 0.15) is 39.9 Å². The summed E-state index contributed by atoms with van der Waals surface area (Å²) in [6.45, 7) is 9.46. The Morgan fingerprint density at radius 1 is 1.44 bits per heavy atom. The van der Waals surface area contributed by atoms with E-state index >= 15 is 0 Å². The molecule has 0 N–H and O–H groups in total. The van der Waals surface area contributed by atoms with E-state index in [-0.39, 0.29) is 17.8 Å². The Balaban J connectivity index is 2.76. The molecule has 1 unspecified atom stereocenters. The van der Waals surface area contributed by atoms with Crippen LogP contribution < -0.4 is 0 Å². The highest BCUT2D eigenvalue weighted by Gasteiger charge is 2.25. The third-order valence-corrected chi connectivity index (χ3v) is 3.06. The summed E-state index contributed by atoms with van der Waals surface area (Å²) in [5.74, 6) is 1.01. The van der Waals surface area contributed by atoms with Gasteiger partial charge in [-0.05, 0) is 19.3 Å². The highest BCUT2D eigenvalue weighted by atomic mass is 16.5. The molecule has 0 radical (unpaired) electrons. The van der Waals surface area contributed by atoms with Crippen molar-refractivity contribution in [3.8, 4) is 0 Å². The Hall–Kier alpha value is -1.32. The predicted octanol–water partition coefficient (Wildman–Crippen LogP) is 2.67. The van der Waals surface area contributed by atoms with Crippen LogP contribution in [0.3, 0.4) is 0 Å². The summed E-state index contributed by atoms with van der Waals surface area (Å²) < 4.78 is 7.26. The third kappa shape index (κ3) is 3.86. The molecular formula is C14H24N2O2. The van der Waals surface area contributed by atoms with E-state index in [1.165, 1.54) is 0 Å². The van der Waals surface area contributed by atoms with Gasteiger partial charge < -0.3 is 9.30 Å². The average molecular weight is 252 g/mol. The predicted molar refractivity (Wildman–Crippen MR) is 71.2 cm³/mol. The first-order valence-electron chi connectivity index (χ1n) is 6.76. The van der Waals surface area contributed by atoms with Gasteiger partial charge in [-0.25, -0.2) is 4.98 Å². The van der Waals surface area contributed by atoms with Gasteiger partial charge in [-0.2, -0.15) is 0 Å². The van der Waals surface area contributed by atoms with E-state index in [0.29, 0.717) is 13.0 Å². The molecule has 1 rings (SSSR count). The number of imidazole rings is 1. The largest absolute Gasteiger partial charge is 0.466 e. The lowest BCUT2D eigenvalue weighted by atomic mass is 9.92. The Labute approximate surface area is 109 Å². The molecule has 0 aromatic carbocycles. The number of hydrogen-bond donors (Lipinski definition) is 0. The Morgan fingerprint density at radius 2 is 2.17 bits per heavy atom. The van der Waals surface area contributed by atoms with Crippen LogP contribution in [0.2, 0.25) is 0 Å². The minimum atomic E-state index is -0.112. The van der Waals surface area contributed by atoms with Gasteiger partial charge in [0.25, 0.3) is 0 Å². The van der Waals surface area contributed by atoms with Crippen LogP contribution in [0.25, 0.3) is 0 Å². The topological polar surface area (TPSA) is 44.1 Å². The number of nitrogens with zero attached hydrogens (tertiary/aromatic N) is 2. The zero-order valence-corrected chi connectivity index (χ0v) is 11.8. The SMILES string of the molecule is CCCn1ccnc1CC(C(=O)OCC)C(C)C. The minimum absolute atomic E-state index is 0.108. The lowest BCUT2D eigenvalue weighted by Gasteiger charge is -2.19. The van der Waals surface area contributed by atoms with Crippen molar-refractivity contribution in [2.45, 2.75) is 47.1 Å². The number of aromatic nitrogens is 2. The first-order chi connectivity index (χ1) is 8.60. The van der Waals surface area contributed by atoms with Gasteiger partial charge in [0, 0.05) is 25.4 Å². The maximum absolute atomic E-state index is 11.9. The highest BCUT2D eigenvalue weighted by molar-refractivity contribution is 5.72. The van der Waals surface area contributed by atoms with Gasteiger partial charge in [-0.1, -0.05) is 20.8 Å². The second-order valence-corrected chi connectivity index (χ2v) is 4.84. The van der Waals surface area contributed by atoms with Crippen molar-refractivity contribution in [3.63, 3.8) is 0 Å². The van der Waals surface area contributed by atoms with E-state index in [2.05, 4.69) is 30.3 Å². The molecule has 1 heterocycles. The zero-order valence-electron chi connectivity index (χ0n) is 11.8. The van der Waals surface area contributed by atoms with Crippen LogP contribution in [0.4, 0.5) is 0 Å². The van der Waals surface area contributed by atoms with Crippen molar-refractivity contribution >= 4 is 5.97 Å². The first kappa shape index (κ1) is 14.7. The van der Waals surface area contributed by atoms with Gasteiger partial charge in [0.15, 0.2) is 0 Å². The van der Waals surface area contributed by atoms with E-state index in [0.717, 1.165) is 18.8 Å². The number of carbonyl (C=O) groups excluding carboxylic acids is 1. The average Bonchev–Trinajstić information content (AvgIpc) is 2.73. The standard InChI is InChI=1S/C14H24N2O2/c1-5-8-16-9-7-15-13(16)10-12(11(3)4)14(17)18-6-2/h7,9,11-12H,5-6,8,10H2,1-4H3. The zero-order chi connectivity index (χ0) is 13.5. The fourth-order valence-electron chi connectivity index (χ4n) is 2.01. The van der Waals surface area contributed by atoms with E-state index in [1.54, 1.807) is 6.20 Å². The number of esters is 1. The number of carbonyl (C=O) groups is 1. The van der Waals surface area contributed by atoms with E-state index < -0.39 is 0 Å². The van der Waals surface area contributed by atoms with Gasteiger partial charge in [0.2, 0.25) is 0 Å². The molecule has 1 aromatic heterocycles. The van der Waals surface area contributed by atoms with E-state index in [9.17, 15) is 4.79 Å².